The lowest BCUT2D eigenvalue weighted by molar-refractivity contribution is 0.194. The van der Waals surface area contributed by atoms with Crippen LogP contribution >= 0.6 is 0 Å². The van der Waals surface area contributed by atoms with Crippen LogP contribution in [0.2, 0.25) is 0 Å². The summed E-state index contributed by atoms with van der Waals surface area (Å²) in [5.41, 5.74) is 1.45. The summed E-state index contributed by atoms with van der Waals surface area (Å²) in [4.78, 5) is 8.26. The first-order valence-electron chi connectivity index (χ1n) is 5.41. The van der Waals surface area contributed by atoms with Crippen LogP contribution in [0.4, 0.5) is 0 Å². The zero-order chi connectivity index (χ0) is 12.3. The van der Waals surface area contributed by atoms with E-state index in [4.69, 9.17) is 4.74 Å². The van der Waals surface area contributed by atoms with Gasteiger partial charge in [-0.25, -0.2) is 4.98 Å². The molecule has 1 atom stereocenters. The van der Waals surface area contributed by atoms with Crippen molar-refractivity contribution >= 4 is 0 Å². The molecule has 1 N–H and O–H groups in total. The van der Waals surface area contributed by atoms with Crippen molar-refractivity contribution in [3.05, 3.63) is 47.9 Å². The lowest BCUT2D eigenvalue weighted by Crippen LogP contribution is -1.99. The maximum atomic E-state index is 9.62. The summed E-state index contributed by atoms with van der Waals surface area (Å²) in [5.74, 6) is 1.06. The minimum Gasteiger partial charge on any atom is -0.437 e. The smallest absolute Gasteiger partial charge is 0.225 e. The third-order valence-electron chi connectivity index (χ3n) is 2.42. The maximum absolute atomic E-state index is 9.62. The number of aromatic nitrogens is 2. The van der Waals surface area contributed by atoms with Gasteiger partial charge in [-0.1, -0.05) is 0 Å². The molecule has 4 heteroatoms. The summed E-state index contributed by atoms with van der Waals surface area (Å²) in [6.45, 7) is 3.54. The zero-order valence-corrected chi connectivity index (χ0v) is 9.79. The van der Waals surface area contributed by atoms with E-state index in [0.29, 0.717) is 17.2 Å². The van der Waals surface area contributed by atoms with Gasteiger partial charge in [0.15, 0.2) is 5.75 Å². The summed E-state index contributed by atoms with van der Waals surface area (Å²) in [7, 11) is 0. The Morgan fingerprint density at radius 2 is 1.88 bits per heavy atom. The van der Waals surface area contributed by atoms with E-state index in [1.807, 2.05) is 13.0 Å². The van der Waals surface area contributed by atoms with E-state index in [1.165, 1.54) is 0 Å². The molecular formula is C13H14N2O2. The molecule has 0 unspecified atom stereocenters. The number of nitrogens with zero attached hydrogens (tertiary/aromatic N) is 2. The highest BCUT2D eigenvalue weighted by Gasteiger charge is 2.11. The molecule has 0 saturated heterocycles. The average molecular weight is 230 g/mol. The molecule has 0 spiro atoms. The predicted molar refractivity (Wildman–Crippen MR) is 63.9 cm³/mol. The van der Waals surface area contributed by atoms with Crippen molar-refractivity contribution in [3.8, 4) is 11.6 Å². The van der Waals surface area contributed by atoms with E-state index in [1.54, 1.807) is 37.5 Å². The first-order chi connectivity index (χ1) is 8.18. The second-order valence-corrected chi connectivity index (χ2v) is 3.76. The molecule has 0 aliphatic rings. The van der Waals surface area contributed by atoms with Gasteiger partial charge in [0, 0.05) is 18.0 Å². The highest BCUT2D eigenvalue weighted by Crippen LogP contribution is 2.28. The van der Waals surface area contributed by atoms with Crippen LogP contribution < -0.4 is 4.74 Å². The molecule has 0 bridgehead atoms. The van der Waals surface area contributed by atoms with Gasteiger partial charge in [-0.05, 0) is 38.1 Å². The molecule has 2 rings (SSSR count). The van der Waals surface area contributed by atoms with E-state index in [0.717, 1.165) is 5.69 Å². The lowest BCUT2D eigenvalue weighted by atomic mass is 10.2. The van der Waals surface area contributed by atoms with Crippen molar-refractivity contribution in [3.63, 3.8) is 0 Å². The monoisotopic (exact) mass is 230 g/mol. The number of hydrogen-bond donors (Lipinski definition) is 1. The van der Waals surface area contributed by atoms with Crippen molar-refractivity contribution < 1.29 is 9.84 Å². The quantitative estimate of drug-likeness (QED) is 0.880. The zero-order valence-electron chi connectivity index (χ0n) is 9.79. The highest BCUT2D eigenvalue weighted by atomic mass is 16.5. The molecule has 88 valence electrons. The number of aryl methyl sites for hydroxylation is 1. The molecule has 0 aliphatic heterocycles. The van der Waals surface area contributed by atoms with Crippen LogP contribution in [0, 0.1) is 6.92 Å². The van der Waals surface area contributed by atoms with Crippen LogP contribution in [0.25, 0.3) is 0 Å². The van der Waals surface area contributed by atoms with Crippen molar-refractivity contribution in [2.75, 3.05) is 0 Å². The second kappa shape index (κ2) is 4.93. The summed E-state index contributed by atoms with van der Waals surface area (Å²) in [6, 6.07) is 7.18. The van der Waals surface area contributed by atoms with Gasteiger partial charge in [-0.2, -0.15) is 0 Å². The van der Waals surface area contributed by atoms with Crippen LogP contribution in [0.3, 0.4) is 0 Å². The molecule has 0 radical (unpaired) electrons. The van der Waals surface area contributed by atoms with Crippen molar-refractivity contribution in [2.45, 2.75) is 20.0 Å². The van der Waals surface area contributed by atoms with Gasteiger partial charge in [-0.15, -0.1) is 0 Å². The predicted octanol–water partition coefficient (Wildman–Crippen LogP) is 2.63. The maximum Gasteiger partial charge on any atom is 0.225 e. The minimum atomic E-state index is -0.615. The summed E-state index contributed by atoms with van der Waals surface area (Å²) in [5, 5.41) is 9.62. The first kappa shape index (κ1) is 11.5. The van der Waals surface area contributed by atoms with Gasteiger partial charge < -0.3 is 9.84 Å². The Morgan fingerprint density at radius 1 is 1.18 bits per heavy atom. The molecule has 0 saturated carbocycles. The van der Waals surface area contributed by atoms with Gasteiger partial charge in [-0.3, -0.25) is 4.98 Å². The summed E-state index contributed by atoms with van der Waals surface area (Å²) in [6.07, 6.45) is 2.72. The van der Waals surface area contributed by atoms with Crippen molar-refractivity contribution in [1.29, 1.82) is 0 Å². The molecule has 17 heavy (non-hydrogen) atoms. The molecule has 0 aliphatic carbocycles. The fraction of sp³-hybridized carbons (Fsp3) is 0.231. The Labute approximate surface area is 99.9 Å². The third-order valence-corrected chi connectivity index (χ3v) is 2.42. The minimum absolute atomic E-state index is 0.415. The molecule has 2 heterocycles. The Kier molecular flexibility index (Phi) is 3.35. The standard InChI is InChI=1S/C13H14N2O2/c1-9-12(6-4-7-14-9)17-13-11(10(2)16)5-3-8-15-13/h3-8,10,16H,1-2H3/t10-/m0/s1. The van der Waals surface area contributed by atoms with E-state index in [2.05, 4.69) is 9.97 Å². The number of rotatable bonds is 3. The topological polar surface area (TPSA) is 55.2 Å². The van der Waals surface area contributed by atoms with Gasteiger partial charge >= 0.3 is 0 Å². The highest BCUT2D eigenvalue weighted by molar-refractivity contribution is 5.34. The number of aliphatic hydroxyl groups is 1. The molecule has 0 amide bonds. The number of pyridine rings is 2. The third kappa shape index (κ3) is 2.60. The van der Waals surface area contributed by atoms with Crippen molar-refractivity contribution in [1.82, 2.24) is 9.97 Å². The lowest BCUT2D eigenvalue weighted by Gasteiger charge is -2.12. The normalized spacial score (nSPS) is 12.2. The number of ether oxygens (including phenoxy) is 1. The Bertz CT molecular complexity index is 512. The fourth-order valence-electron chi connectivity index (χ4n) is 1.49. The number of aliphatic hydroxyl groups excluding tert-OH is 1. The van der Waals surface area contributed by atoms with Gasteiger partial charge in [0.05, 0.1) is 11.8 Å². The van der Waals surface area contributed by atoms with Gasteiger partial charge in [0.2, 0.25) is 5.88 Å². The van der Waals surface area contributed by atoms with Crippen LogP contribution in [-0.2, 0) is 0 Å². The van der Waals surface area contributed by atoms with Gasteiger partial charge in [0.1, 0.15) is 0 Å². The van der Waals surface area contributed by atoms with Crippen molar-refractivity contribution in [2.24, 2.45) is 0 Å². The van der Waals surface area contributed by atoms with Crippen LogP contribution in [0.1, 0.15) is 24.3 Å². The van der Waals surface area contributed by atoms with Gasteiger partial charge in [0.25, 0.3) is 0 Å². The molecule has 0 fully saturated rings. The summed E-state index contributed by atoms with van der Waals surface area (Å²) < 4.78 is 5.67. The molecular weight excluding hydrogens is 216 g/mol. The summed E-state index contributed by atoms with van der Waals surface area (Å²) >= 11 is 0. The fourth-order valence-corrected chi connectivity index (χ4v) is 1.49. The largest absolute Gasteiger partial charge is 0.437 e. The molecule has 2 aromatic heterocycles. The van der Waals surface area contributed by atoms with E-state index in [9.17, 15) is 5.11 Å². The van der Waals surface area contributed by atoms with Crippen LogP contribution in [-0.4, -0.2) is 15.1 Å². The Balaban J connectivity index is 2.34. The van der Waals surface area contributed by atoms with E-state index < -0.39 is 6.10 Å². The van der Waals surface area contributed by atoms with Crippen LogP contribution in [0.15, 0.2) is 36.7 Å². The molecule has 4 nitrogen and oxygen atoms in total. The second-order valence-electron chi connectivity index (χ2n) is 3.76. The van der Waals surface area contributed by atoms with E-state index in [-0.39, 0.29) is 0 Å². The van der Waals surface area contributed by atoms with E-state index >= 15 is 0 Å². The Morgan fingerprint density at radius 3 is 2.59 bits per heavy atom. The Hall–Kier alpha value is -1.94. The molecule has 0 aromatic carbocycles. The molecule has 2 aromatic rings. The van der Waals surface area contributed by atoms with Crippen LogP contribution in [0.5, 0.6) is 11.6 Å². The SMILES string of the molecule is Cc1ncccc1Oc1ncccc1[C@H](C)O. The average Bonchev–Trinajstić information content (AvgIpc) is 2.32. The number of hydrogen-bond acceptors (Lipinski definition) is 4. The first-order valence-corrected chi connectivity index (χ1v) is 5.41.